The highest BCUT2D eigenvalue weighted by Crippen LogP contribution is 2.30. The largest absolute Gasteiger partial charge is 0.494 e. The van der Waals surface area contributed by atoms with Gasteiger partial charge in [0.15, 0.2) is 5.69 Å². The molecule has 0 saturated heterocycles. The first-order valence-electron chi connectivity index (χ1n) is 11.2. The summed E-state index contributed by atoms with van der Waals surface area (Å²) in [6.45, 7) is 2.88. The van der Waals surface area contributed by atoms with Crippen molar-refractivity contribution in [3.8, 4) is 17.0 Å². The van der Waals surface area contributed by atoms with Gasteiger partial charge in [0.25, 0.3) is 5.91 Å². The number of rotatable bonds is 9. The molecule has 2 aromatic carbocycles. The summed E-state index contributed by atoms with van der Waals surface area (Å²) in [5.74, 6) is 0.840. The number of amides is 1. The van der Waals surface area contributed by atoms with E-state index >= 15 is 0 Å². The predicted octanol–water partition coefficient (Wildman–Crippen LogP) is 5.83. The van der Waals surface area contributed by atoms with Gasteiger partial charge in [-0.25, -0.2) is 4.63 Å². The smallest absolute Gasteiger partial charge is 0.256 e. The second kappa shape index (κ2) is 10.2. The van der Waals surface area contributed by atoms with Crippen molar-refractivity contribution in [2.24, 2.45) is 0 Å². The van der Waals surface area contributed by atoms with Crippen LogP contribution in [0.5, 0.6) is 5.75 Å². The van der Waals surface area contributed by atoms with Crippen LogP contribution in [0.15, 0.2) is 47.1 Å². The van der Waals surface area contributed by atoms with Gasteiger partial charge in [-0.3, -0.25) is 4.79 Å². The summed E-state index contributed by atoms with van der Waals surface area (Å²) in [4.78, 5) is 12.7. The van der Waals surface area contributed by atoms with Crippen molar-refractivity contribution < 1.29 is 14.2 Å². The van der Waals surface area contributed by atoms with Gasteiger partial charge >= 0.3 is 0 Å². The van der Waals surface area contributed by atoms with E-state index in [9.17, 15) is 4.79 Å². The van der Waals surface area contributed by atoms with Crippen molar-refractivity contribution in [3.05, 3.63) is 59.2 Å². The molecule has 4 rings (SSSR count). The van der Waals surface area contributed by atoms with Crippen molar-refractivity contribution in [1.29, 1.82) is 0 Å². The number of hydrogen-bond acceptors (Lipinski definition) is 5. The summed E-state index contributed by atoms with van der Waals surface area (Å²) in [5, 5.41) is 10.8. The normalized spacial score (nSPS) is 12.9. The number of fused-ring (bicyclic) bond motifs is 1. The van der Waals surface area contributed by atoms with Crippen LogP contribution < -0.4 is 10.1 Å². The number of hydrogen-bond donors (Lipinski definition) is 1. The summed E-state index contributed by atoms with van der Waals surface area (Å²) >= 11 is 0. The van der Waals surface area contributed by atoms with Crippen LogP contribution in [0.3, 0.4) is 0 Å². The topological polar surface area (TPSA) is 77.2 Å². The second-order valence-corrected chi connectivity index (χ2v) is 8.04. The van der Waals surface area contributed by atoms with Crippen molar-refractivity contribution in [1.82, 2.24) is 10.3 Å². The van der Waals surface area contributed by atoms with Crippen LogP contribution in [0.4, 0.5) is 5.82 Å². The third-order valence-electron chi connectivity index (χ3n) is 5.73. The molecule has 0 spiro atoms. The van der Waals surface area contributed by atoms with E-state index in [0.717, 1.165) is 30.6 Å². The number of nitrogens with zero attached hydrogens (tertiary/aromatic N) is 2. The van der Waals surface area contributed by atoms with Crippen molar-refractivity contribution in [2.45, 2.75) is 58.3 Å². The van der Waals surface area contributed by atoms with E-state index in [2.05, 4.69) is 34.7 Å². The van der Waals surface area contributed by atoms with Crippen LogP contribution in [0.25, 0.3) is 11.3 Å². The number of anilines is 1. The summed E-state index contributed by atoms with van der Waals surface area (Å²) in [6.07, 6.45) is 9.29. The molecule has 3 aromatic rings. The molecular weight excluding hydrogens is 390 g/mol. The van der Waals surface area contributed by atoms with Crippen LogP contribution in [0.1, 0.15) is 66.9 Å². The molecule has 162 valence electrons. The summed E-state index contributed by atoms with van der Waals surface area (Å²) in [7, 11) is 0. The van der Waals surface area contributed by atoms with Gasteiger partial charge in [-0.05, 0) is 83.9 Å². The molecule has 0 saturated carbocycles. The first-order chi connectivity index (χ1) is 15.2. The fourth-order valence-corrected chi connectivity index (χ4v) is 3.94. The number of unbranched alkanes of at least 4 members (excludes halogenated alkanes) is 3. The molecule has 1 heterocycles. The minimum absolute atomic E-state index is 0.260. The van der Waals surface area contributed by atoms with Gasteiger partial charge in [0.05, 0.1) is 6.61 Å². The zero-order valence-electron chi connectivity index (χ0n) is 18.0. The Morgan fingerprint density at radius 3 is 2.61 bits per heavy atom. The lowest BCUT2D eigenvalue weighted by atomic mass is 9.90. The fraction of sp³-hybridized carbons (Fsp3) is 0.400. The van der Waals surface area contributed by atoms with E-state index in [1.165, 1.54) is 43.2 Å². The van der Waals surface area contributed by atoms with E-state index in [0.29, 0.717) is 23.7 Å². The van der Waals surface area contributed by atoms with E-state index in [1.54, 1.807) is 12.1 Å². The van der Waals surface area contributed by atoms with Gasteiger partial charge < -0.3 is 10.1 Å². The Kier molecular flexibility index (Phi) is 6.97. The molecule has 0 atom stereocenters. The predicted molar refractivity (Wildman–Crippen MR) is 120 cm³/mol. The van der Waals surface area contributed by atoms with Crippen molar-refractivity contribution >= 4 is 11.7 Å². The maximum atomic E-state index is 12.7. The Morgan fingerprint density at radius 1 is 1.00 bits per heavy atom. The highest BCUT2D eigenvalue weighted by molar-refractivity contribution is 6.05. The van der Waals surface area contributed by atoms with Crippen molar-refractivity contribution in [2.75, 3.05) is 11.9 Å². The molecule has 1 N–H and O–H groups in total. The molecule has 0 bridgehead atoms. The number of aromatic nitrogens is 2. The van der Waals surface area contributed by atoms with E-state index < -0.39 is 0 Å². The number of carbonyl (C=O) groups is 1. The average molecular weight is 420 g/mol. The van der Waals surface area contributed by atoms with Crippen molar-refractivity contribution in [3.63, 3.8) is 0 Å². The number of aryl methyl sites for hydroxylation is 2. The summed E-state index contributed by atoms with van der Waals surface area (Å²) in [5.41, 5.74) is 4.72. The van der Waals surface area contributed by atoms with Gasteiger partial charge in [-0.15, -0.1) is 0 Å². The van der Waals surface area contributed by atoms with Gasteiger partial charge in [-0.2, -0.15) is 0 Å². The molecule has 1 amide bonds. The molecule has 6 nitrogen and oxygen atoms in total. The minimum Gasteiger partial charge on any atom is -0.494 e. The minimum atomic E-state index is -0.260. The number of benzene rings is 2. The fourth-order valence-electron chi connectivity index (χ4n) is 3.94. The number of carbonyl (C=O) groups excluding carboxylic acids is 1. The SMILES string of the molecule is CCCCCCOc1ccc(C(=O)Nc2nonc2-c2ccc3c(c2)CCCC3)cc1. The van der Waals surface area contributed by atoms with Gasteiger partial charge in [-0.1, -0.05) is 38.3 Å². The van der Waals surface area contributed by atoms with Gasteiger partial charge in [0.2, 0.25) is 5.82 Å². The molecule has 31 heavy (non-hydrogen) atoms. The molecule has 1 aliphatic carbocycles. The first-order valence-corrected chi connectivity index (χ1v) is 11.2. The molecule has 0 fully saturated rings. The first kappa shape index (κ1) is 21.1. The van der Waals surface area contributed by atoms with E-state index in [4.69, 9.17) is 9.37 Å². The molecule has 6 heteroatoms. The Morgan fingerprint density at radius 2 is 1.81 bits per heavy atom. The van der Waals surface area contributed by atoms with Gasteiger partial charge in [0.1, 0.15) is 5.75 Å². The van der Waals surface area contributed by atoms with Crippen LogP contribution >= 0.6 is 0 Å². The highest BCUT2D eigenvalue weighted by Gasteiger charge is 2.18. The number of nitrogens with one attached hydrogen (secondary N) is 1. The quantitative estimate of drug-likeness (QED) is 0.442. The highest BCUT2D eigenvalue weighted by atomic mass is 16.6. The maximum Gasteiger partial charge on any atom is 0.256 e. The molecule has 0 unspecified atom stereocenters. The molecular formula is C25H29N3O3. The third kappa shape index (κ3) is 5.32. The van der Waals surface area contributed by atoms with Gasteiger partial charge in [0, 0.05) is 11.1 Å². The van der Waals surface area contributed by atoms with E-state index in [1.807, 2.05) is 18.2 Å². The second-order valence-electron chi connectivity index (χ2n) is 8.04. The third-order valence-corrected chi connectivity index (χ3v) is 5.73. The average Bonchev–Trinajstić information content (AvgIpc) is 3.27. The zero-order chi connectivity index (χ0) is 21.5. The zero-order valence-corrected chi connectivity index (χ0v) is 18.0. The lowest BCUT2D eigenvalue weighted by molar-refractivity contribution is 0.102. The lowest BCUT2D eigenvalue weighted by Crippen LogP contribution is -2.13. The standard InChI is InChI=1S/C25H29N3O3/c1-2-3-4-7-16-30-22-14-12-19(13-15-22)25(29)26-24-23(27-31-28-24)21-11-10-18-8-5-6-9-20(18)17-21/h10-15,17H,2-9,16H2,1H3,(H,26,28,29). The van der Waals surface area contributed by atoms with Crippen LogP contribution in [-0.2, 0) is 12.8 Å². The Hall–Kier alpha value is -3.15. The summed E-state index contributed by atoms with van der Waals surface area (Å²) < 4.78 is 10.7. The van der Waals surface area contributed by atoms with Crippen LogP contribution in [0.2, 0.25) is 0 Å². The van der Waals surface area contributed by atoms with E-state index in [-0.39, 0.29) is 5.91 Å². The molecule has 0 aliphatic heterocycles. The molecule has 1 aromatic heterocycles. The van der Waals surface area contributed by atoms with Crippen LogP contribution in [0, 0.1) is 0 Å². The lowest BCUT2D eigenvalue weighted by Gasteiger charge is -2.16. The molecule has 0 radical (unpaired) electrons. The number of ether oxygens (including phenoxy) is 1. The Labute approximate surface area is 183 Å². The molecule has 1 aliphatic rings. The Bertz CT molecular complexity index is 1010. The Balaban J connectivity index is 1.39. The monoisotopic (exact) mass is 419 g/mol. The maximum absolute atomic E-state index is 12.7. The summed E-state index contributed by atoms with van der Waals surface area (Å²) in [6, 6.07) is 13.4. The van der Waals surface area contributed by atoms with Crippen LogP contribution in [-0.4, -0.2) is 22.8 Å².